The van der Waals surface area contributed by atoms with Crippen LogP contribution in [0.25, 0.3) is 0 Å². The van der Waals surface area contributed by atoms with Gasteiger partial charge in [0.25, 0.3) is 0 Å². The molecule has 1 atom stereocenters. The van der Waals surface area contributed by atoms with Crippen LogP contribution in [0.5, 0.6) is 0 Å². The molecule has 20 heavy (non-hydrogen) atoms. The fraction of sp³-hybridized carbons (Fsp3) is 0.286. The molecule has 1 heterocycles. The second kappa shape index (κ2) is 6.95. The number of amides is 2. The van der Waals surface area contributed by atoms with E-state index in [0.717, 1.165) is 28.3 Å². The second-order valence-electron chi connectivity index (χ2n) is 4.36. The highest BCUT2D eigenvalue weighted by atomic mass is 79.9. The Morgan fingerprint density at radius 3 is 3.05 bits per heavy atom. The highest BCUT2D eigenvalue weighted by molar-refractivity contribution is 9.10. The normalized spacial score (nSPS) is 16.9. The SMILES string of the molecule is C=CC(=O)NCC(=O)NC1CCSc2ccc(Br)cc21. The van der Waals surface area contributed by atoms with Crippen molar-refractivity contribution in [3.05, 3.63) is 40.9 Å². The van der Waals surface area contributed by atoms with E-state index in [4.69, 9.17) is 0 Å². The predicted octanol–water partition coefficient (Wildman–Crippen LogP) is 2.40. The third-order valence-electron chi connectivity index (χ3n) is 2.96. The number of benzene rings is 1. The summed E-state index contributed by atoms with van der Waals surface area (Å²) in [6, 6.07) is 6.09. The van der Waals surface area contributed by atoms with Crippen LogP contribution in [0, 0.1) is 0 Å². The third-order valence-corrected chi connectivity index (χ3v) is 4.57. The number of hydrogen-bond acceptors (Lipinski definition) is 3. The largest absolute Gasteiger partial charge is 0.348 e. The fourth-order valence-corrected chi connectivity index (χ4v) is 3.48. The lowest BCUT2D eigenvalue weighted by atomic mass is 10.0. The molecule has 1 aliphatic rings. The van der Waals surface area contributed by atoms with E-state index in [1.807, 2.05) is 12.1 Å². The maximum atomic E-state index is 11.8. The molecule has 0 spiro atoms. The van der Waals surface area contributed by atoms with Crippen molar-refractivity contribution in [3.8, 4) is 0 Å². The van der Waals surface area contributed by atoms with Crippen LogP contribution in [0.2, 0.25) is 0 Å². The van der Waals surface area contributed by atoms with Crippen LogP contribution < -0.4 is 10.6 Å². The zero-order valence-corrected chi connectivity index (χ0v) is 13.2. The molecule has 1 unspecified atom stereocenters. The highest BCUT2D eigenvalue weighted by Crippen LogP contribution is 2.37. The van der Waals surface area contributed by atoms with Crippen molar-refractivity contribution >= 4 is 39.5 Å². The first-order valence-corrected chi connectivity index (χ1v) is 8.00. The number of halogens is 1. The monoisotopic (exact) mass is 354 g/mol. The second-order valence-corrected chi connectivity index (χ2v) is 6.41. The van der Waals surface area contributed by atoms with Gasteiger partial charge in [0.1, 0.15) is 0 Å². The standard InChI is InChI=1S/C14H15BrN2O2S/c1-2-13(18)16-8-14(19)17-11-5-6-20-12-4-3-9(15)7-10(11)12/h2-4,7,11H,1,5-6,8H2,(H,16,18)(H,17,19). The van der Waals surface area contributed by atoms with Gasteiger partial charge in [-0.15, -0.1) is 11.8 Å². The van der Waals surface area contributed by atoms with Crippen molar-refractivity contribution in [2.45, 2.75) is 17.4 Å². The van der Waals surface area contributed by atoms with Crippen molar-refractivity contribution in [3.63, 3.8) is 0 Å². The van der Waals surface area contributed by atoms with Crippen molar-refractivity contribution in [2.75, 3.05) is 12.3 Å². The summed E-state index contributed by atoms with van der Waals surface area (Å²) in [5.41, 5.74) is 1.12. The summed E-state index contributed by atoms with van der Waals surface area (Å²) in [5.74, 6) is 0.434. The first-order valence-electron chi connectivity index (χ1n) is 6.22. The number of rotatable bonds is 4. The lowest BCUT2D eigenvalue weighted by Crippen LogP contribution is -2.38. The van der Waals surface area contributed by atoms with Crippen LogP contribution in [0.3, 0.4) is 0 Å². The minimum absolute atomic E-state index is 0.00289. The first kappa shape index (κ1) is 15.1. The molecule has 0 saturated heterocycles. The first-order chi connectivity index (χ1) is 9.60. The molecule has 4 nitrogen and oxygen atoms in total. The number of nitrogens with one attached hydrogen (secondary N) is 2. The average Bonchev–Trinajstić information content (AvgIpc) is 2.45. The van der Waals surface area contributed by atoms with Crippen LogP contribution in [0.4, 0.5) is 0 Å². The van der Waals surface area contributed by atoms with E-state index >= 15 is 0 Å². The lowest BCUT2D eigenvalue weighted by molar-refractivity contribution is -0.124. The van der Waals surface area contributed by atoms with Crippen LogP contribution >= 0.6 is 27.7 Å². The Hall–Kier alpha value is -1.27. The molecule has 0 aliphatic carbocycles. The van der Waals surface area contributed by atoms with Gasteiger partial charge in [-0.05, 0) is 36.3 Å². The Balaban J connectivity index is 2.01. The quantitative estimate of drug-likeness (QED) is 0.816. The van der Waals surface area contributed by atoms with Crippen LogP contribution in [-0.2, 0) is 9.59 Å². The molecule has 6 heteroatoms. The van der Waals surface area contributed by atoms with Crippen molar-refractivity contribution < 1.29 is 9.59 Å². The Morgan fingerprint density at radius 2 is 2.30 bits per heavy atom. The molecule has 1 aromatic rings. The Morgan fingerprint density at radius 1 is 1.50 bits per heavy atom. The Labute approximate surface area is 130 Å². The number of carbonyl (C=O) groups is 2. The summed E-state index contributed by atoms with van der Waals surface area (Å²) in [5, 5.41) is 5.43. The van der Waals surface area contributed by atoms with Gasteiger partial charge >= 0.3 is 0 Å². The van der Waals surface area contributed by atoms with Crippen molar-refractivity contribution in [1.82, 2.24) is 10.6 Å². The zero-order chi connectivity index (χ0) is 14.5. The summed E-state index contributed by atoms with van der Waals surface area (Å²) in [7, 11) is 0. The summed E-state index contributed by atoms with van der Waals surface area (Å²) in [4.78, 5) is 24.1. The van der Waals surface area contributed by atoms with E-state index in [-0.39, 0.29) is 24.4 Å². The molecule has 0 radical (unpaired) electrons. The summed E-state index contributed by atoms with van der Waals surface area (Å²) in [6.07, 6.45) is 2.03. The highest BCUT2D eigenvalue weighted by Gasteiger charge is 2.22. The molecular formula is C14H15BrN2O2S. The average molecular weight is 355 g/mol. The number of hydrogen-bond donors (Lipinski definition) is 2. The molecular weight excluding hydrogens is 340 g/mol. The lowest BCUT2D eigenvalue weighted by Gasteiger charge is -2.26. The Kier molecular flexibility index (Phi) is 5.25. The molecule has 0 fully saturated rings. The Bertz CT molecular complexity index is 548. The van der Waals surface area contributed by atoms with Gasteiger partial charge in [-0.2, -0.15) is 0 Å². The van der Waals surface area contributed by atoms with Gasteiger partial charge in [-0.25, -0.2) is 0 Å². The van der Waals surface area contributed by atoms with Crippen molar-refractivity contribution in [1.29, 1.82) is 0 Å². The van der Waals surface area contributed by atoms with Gasteiger partial charge in [0.2, 0.25) is 11.8 Å². The number of carbonyl (C=O) groups excluding carboxylic acids is 2. The van der Waals surface area contributed by atoms with E-state index in [9.17, 15) is 9.59 Å². The van der Waals surface area contributed by atoms with Crippen LogP contribution in [-0.4, -0.2) is 24.1 Å². The molecule has 1 aliphatic heterocycles. The summed E-state index contributed by atoms with van der Waals surface area (Å²) >= 11 is 5.25. The summed E-state index contributed by atoms with van der Waals surface area (Å²) < 4.78 is 0.998. The van der Waals surface area contributed by atoms with E-state index in [0.29, 0.717) is 0 Å². The van der Waals surface area contributed by atoms with Gasteiger partial charge < -0.3 is 10.6 Å². The number of thioether (sulfide) groups is 1. The molecule has 0 bridgehead atoms. The smallest absolute Gasteiger partial charge is 0.243 e. The molecule has 2 N–H and O–H groups in total. The van der Waals surface area contributed by atoms with Crippen LogP contribution in [0.15, 0.2) is 40.2 Å². The molecule has 106 valence electrons. The van der Waals surface area contributed by atoms with E-state index in [1.165, 1.54) is 4.90 Å². The van der Waals surface area contributed by atoms with Crippen molar-refractivity contribution in [2.24, 2.45) is 0 Å². The summed E-state index contributed by atoms with van der Waals surface area (Å²) in [6.45, 7) is 3.31. The van der Waals surface area contributed by atoms with Gasteiger partial charge in [-0.1, -0.05) is 22.5 Å². The van der Waals surface area contributed by atoms with E-state index in [2.05, 4.69) is 39.2 Å². The third kappa shape index (κ3) is 3.86. The van der Waals surface area contributed by atoms with E-state index < -0.39 is 0 Å². The molecule has 1 aromatic carbocycles. The van der Waals surface area contributed by atoms with Gasteiger partial charge in [-0.3, -0.25) is 9.59 Å². The van der Waals surface area contributed by atoms with E-state index in [1.54, 1.807) is 11.8 Å². The van der Waals surface area contributed by atoms with Crippen LogP contribution in [0.1, 0.15) is 18.0 Å². The molecule has 0 aromatic heterocycles. The maximum Gasteiger partial charge on any atom is 0.243 e. The maximum absolute atomic E-state index is 11.8. The molecule has 2 rings (SSSR count). The zero-order valence-electron chi connectivity index (χ0n) is 10.8. The minimum Gasteiger partial charge on any atom is -0.348 e. The minimum atomic E-state index is -0.345. The fourth-order valence-electron chi connectivity index (χ4n) is 2.00. The number of fused-ring (bicyclic) bond motifs is 1. The van der Waals surface area contributed by atoms with Gasteiger partial charge in [0, 0.05) is 15.1 Å². The van der Waals surface area contributed by atoms with Gasteiger partial charge in [0.05, 0.1) is 12.6 Å². The van der Waals surface area contributed by atoms with Gasteiger partial charge in [0.15, 0.2) is 0 Å². The topological polar surface area (TPSA) is 58.2 Å². The predicted molar refractivity (Wildman–Crippen MR) is 83.6 cm³/mol. The molecule has 0 saturated carbocycles. The molecule has 2 amide bonds.